The van der Waals surface area contributed by atoms with Crippen LogP contribution in [0.25, 0.3) is 0 Å². The van der Waals surface area contributed by atoms with E-state index in [9.17, 15) is 0 Å². The van der Waals surface area contributed by atoms with Crippen LogP contribution in [-0.4, -0.2) is 12.6 Å². The van der Waals surface area contributed by atoms with E-state index in [1.54, 1.807) is 6.26 Å². The van der Waals surface area contributed by atoms with Gasteiger partial charge in [-0.3, -0.25) is 0 Å². The predicted octanol–water partition coefficient (Wildman–Crippen LogP) is 2.99. The third-order valence-electron chi connectivity index (χ3n) is 3.47. The maximum absolute atomic E-state index is 5.13. The van der Waals surface area contributed by atoms with Crippen molar-refractivity contribution in [3.63, 3.8) is 0 Å². The van der Waals surface area contributed by atoms with Crippen molar-refractivity contribution in [1.82, 2.24) is 5.32 Å². The van der Waals surface area contributed by atoms with Gasteiger partial charge >= 0.3 is 0 Å². The Labute approximate surface area is 92.1 Å². The minimum Gasteiger partial charge on any atom is -0.472 e. The van der Waals surface area contributed by atoms with E-state index >= 15 is 0 Å². The average Bonchev–Trinajstić information content (AvgIpc) is 2.89. The second-order valence-electron chi connectivity index (χ2n) is 4.54. The van der Waals surface area contributed by atoms with Crippen LogP contribution in [0.3, 0.4) is 0 Å². The SMILES string of the molecule is CCNC(Cc1ccoc1)C1CCCC1. The summed E-state index contributed by atoms with van der Waals surface area (Å²) in [6.45, 7) is 3.26. The summed E-state index contributed by atoms with van der Waals surface area (Å²) in [5, 5.41) is 3.62. The maximum Gasteiger partial charge on any atom is 0.0935 e. The van der Waals surface area contributed by atoms with Gasteiger partial charge < -0.3 is 9.73 Å². The molecule has 1 saturated carbocycles. The molecule has 1 unspecified atom stereocenters. The molecule has 1 fully saturated rings. The zero-order chi connectivity index (χ0) is 10.5. The largest absolute Gasteiger partial charge is 0.472 e. The number of hydrogen-bond donors (Lipinski definition) is 1. The molecule has 1 aromatic rings. The molecule has 15 heavy (non-hydrogen) atoms. The second-order valence-corrected chi connectivity index (χ2v) is 4.54. The van der Waals surface area contributed by atoms with Crippen molar-refractivity contribution in [2.75, 3.05) is 6.54 Å². The maximum atomic E-state index is 5.13. The lowest BCUT2D eigenvalue weighted by atomic mass is 9.93. The van der Waals surface area contributed by atoms with Gasteiger partial charge in [0.05, 0.1) is 12.5 Å². The summed E-state index contributed by atoms with van der Waals surface area (Å²) in [5.41, 5.74) is 1.33. The Balaban J connectivity index is 1.93. The number of furan rings is 1. The second kappa shape index (κ2) is 5.36. The van der Waals surface area contributed by atoms with Crippen molar-refractivity contribution in [2.24, 2.45) is 5.92 Å². The molecule has 2 rings (SSSR count). The summed E-state index contributed by atoms with van der Waals surface area (Å²) in [6, 6.07) is 2.73. The lowest BCUT2D eigenvalue weighted by Crippen LogP contribution is -2.36. The Morgan fingerprint density at radius 1 is 1.47 bits per heavy atom. The highest BCUT2D eigenvalue weighted by Crippen LogP contribution is 2.29. The van der Waals surface area contributed by atoms with Gasteiger partial charge in [0.1, 0.15) is 0 Å². The number of hydrogen-bond acceptors (Lipinski definition) is 2. The van der Waals surface area contributed by atoms with E-state index in [4.69, 9.17) is 4.42 Å². The van der Waals surface area contributed by atoms with Crippen molar-refractivity contribution >= 4 is 0 Å². The van der Waals surface area contributed by atoms with Gasteiger partial charge in [0.15, 0.2) is 0 Å². The van der Waals surface area contributed by atoms with Crippen molar-refractivity contribution in [1.29, 1.82) is 0 Å². The first-order chi connectivity index (χ1) is 7.40. The van der Waals surface area contributed by atoms with Crippen LogP contribution in [0.1, 0.15) is 38.2 Å². The Bertz CT molecular complexity index is 262. The summed E-state index contributed by atoms with van der Waals surface area (Å²) in [4.78, 5) is 0. The van der Waals surface area contributed by atoms with Gasteiger partial charge in [0.25, 0.3) is 0 Å². The average molecular weight is 207 g/mol. The van der Waals surface area contributed by atoms with Crippen LogP contribution < -0.4 is 5.32 Å². The summed E-state index contributed by atoms with van der Waals surface area (Å²) in [7, 11) is 0. The van der Waals surface area contributed by atoms with E-state index in [-0.39, 0.29) is 0 Å². The first-order valence-electron chi connectivity index (χ1n) is 6.14. The lowest BCUT2D eigenvalue weighted by molar-refractivity contribution is 0.361. The van der Waals surface area contributed by atoms with Gasteiger partial charge in [-0.15, -0.1) is 0 Å². The molecule has 1 aliphatic rings. The Morgan fingerprint density at radius 3 is 2.87 bits per heavy atom. The monoisotopic (exact) mass is 207 g/mol. The zero-order valence-electron chi connectivity index (χ0n) is 9.54. The third-order valence-corrected chi connectivity index (χ3v) is 3.47. The van der Waals surface area contributed by atoms with Gasteiger partial charge in [-0.1, -0.05) is 19.8 Å². The molecule has 0 aromatic carbocycles. The van der Waals surface area contributed by atoms with E-state index in [2.05, 4.69) is 18.3 Å². The van der Waals surface area contributed by atoms with Crippen molar-refractivity contribution in [2.45, 2.75) is 45.1 Å². The quantitative estimate of drug-likeness (QED) is 0.803. The lowest BCUT2D eigenvalue weighted by Gasteiger charge is -2.23. The standard InChI is InChI=1S/C13H21NO/c1-2-14-13(12-5-3-4-6-12)9-11-7-8-15-10-11/h7-8,10,12-14H,2-6,9H2,1H3. The van der Waals surface area contributed by atoms with E-state index < -0.39 is 0 Å². The van der Waals surface area contributed by atoms with Gasteiger partial charge in [-0.2, -0.15) is 0 Å². The molecule has 1 aliphatic carbocycles. The van der Waals surface area contributed by atoms with E-state index in [0.717, 1.165) is 18.9 Å². The number of rotatable bonds is 5. The smallest absolute Gasteiger partial charge is 0.0935 e. The summed E-state index contributed by atoms with van der Waals surface area (Å²) >= 11 is 0. The predicted molar refractivity (Wildman–Crippen MR) is 61.8 cm³/mol. The molecule has 0 spiro atoms. The molecule has 1 N–H and O–H groups in total. The van der Waals surface area contributed by atoms with Gasteiger partial charge in [0, 0.05) is 6.04 Å². The molecular weight excluding hydrogens is 186 g/mol. The summed E-state index contributed by atoms with van der Waals surface area (Å²) in [5.74, 6) is 0.875. The third kappa shape index (κ3) is 2.85. The van der Waals surface area contributed by atoms with E-state index in [0.29, 0.717) is 6.04 Å². The Morgan fingerprint density at radius 2 is 2.27 bits per heavy atom. The zero-order valence-corrected chi connectivity index (χ0v) is 9.54. The fourth-order valence-corrected chi connectivity index (χ4v) is 2.69. The molecule has 1 atom stereocenters. The van der Waals surface area contributed by atoms with E-state index in [1.807, 2.05) is 6.26 Å². The molecule has 2 heteroatoms. The molecular formula is C13H21NO. The fraction of sp³-hybridized carbons (Fsp3) is 0.692. The highest BCUT2D eigenvalue weighted by molar-refractivity contribution is 5.08. The molecule has 0 saturated heterocycles. The van der Waals surface area contributed by atoms with Crippen LogP contribution >= 0.6 is 0 Å². The Kier molecular flexibility index (Phi) is 3.84. The molecule has 1 heterocycles. The normalized spacial score (nSPS) is 19.5. The highest BCUT2D eigenvalue weighted by Gasteiger charge is 2.24. The minimum absolute atomic E-state index is 0.648. The molecule has 0 radical (unpaired) electrons. The number of likely N-dealkylation sites (N-methyl/N-ethyl adjacent to an activating group) is 1. The topological polar surface area (TPSA) is 25.2 Å². The van der Waals surface area contributed by atoms with E-state index in [1.165, 1.54) is 31.2 Å². The molecule has 84 valence electrons. The van der Waals surface area contributed by atoms with Crippen molar-refractivity contribution < 1.29 is 4.42 Å². The van der Waals surface area contributed by atoms with Crippen LogP contribution in [0.4, 0.5) is 0 Å². The highest BCUT2D eigenvalue weighted by atomic mass is 16.3. The summed E-state index contributed by atoms with van der Waals surface area (Å²) in [6.07, 6.45) is 10.4. The minimum atomic E-state index is 0.648. The fourth-order valence-electron chi connectivity index (χ4n) is 2.69. The molecule has 1 aromatic heterocycles. The van der Waals surface area contributed by atoms with Crippen LogP contribution in [0.5, 0.6) is 0 Å². The number of nitrogens with one attached hydrogen (secondary N) is 1. The molecule has 0 aliphatic heterocycles. The first-order valence-corrected chi connectivity index (χ1v) is 6.14. The van der Waals surface area contributed by atoms with Gasteiger partial charge in [0.2, 0.25) is 0 Å². The van der Waals surface area contributed by atoms with Crippen LogP contribution in [0, 0.1) is 5.92 Å². The van der Waals surface area contributed by atoms with Gasteiger partial charge in [-0.25, -0.2) is 0 Å². The van der Waals surface area contributed by atoms with Crippen LogP contribution in [-0.2, 0) is 6.42 Å². The van der Waals surface area contributed by atoms with Crippen molar-refractivity contribution in [3.05, 3.63) is 24.2 Å². The van der Waals surface area contributed by atoms with Crippen LogP contribution in [0.15, 0.2) is 23.0 Å². The molecule has 0 amide bonds. The van der Waals surface area contributed by atoms with Gasteiger partial charge in [-0.05, 0) is 43.4 Å². The molecule has 0 bridgehead atoms. The Hall–Kier alpha value is -0.760. The van der Waals surface area contributed by atoms with Crippen molar-refractivity contribution in [3.8, 4) is 0 Å². The first kappa shape index (κ1) is 10.7. The summed E-state index contributed by atoms with van der Waals surface area (Å²) < 4.78 is 5.13. The van der Waals surface area contributed by atoms with Crippen LogP contribution in [0.2, 0.25) is 0 Å². The molecule has 2 nitrogen and oxygen atoms in total.